The molecular formula is C20H23F2NO4. The summed E-state index contributed by atoms with van der Waals surface area (Å²) in [5, 5.41) is 2.83. The maximum absolute atomic E-state index is 12.5. The van der Waals surface area contributed by atoms with E-state index >= 15 is 0 Å². The maximum Gasteiger partial charge on any atom is 0.387 e. The Hall–Kier alpha value is -2.83. The van der Waals surface area contributed by atoms with Gasteiger partial charge in [0.15, 0.2) is 11.5 Å². The predicted octanol–water partition coefficient (Wildman–Crippen LogP) is 4.57. The van der Waals surface area contributed by atoms with Crippen molar-refractivity contribution in [3.05, 3.63) is 53.6 Å². The van der Waals surface area contributed by atoms with E-state index in [1.165, 1.54) is 25.3 Å². The molecule has 7 heteroatoms. The van der Waals surface area contributed by atoms with E-state index in [0.29, 0.717) is 5.75 Å². The minimum atomic E-state index is -3.01. The molecule has 0 aliphatic rings. The minimum Gasteiger partial charge on any atom is -0.493 e. The average Bonchev–Trinajstić information content (AvgIpc) is 2.60. The van der Waals surface area contributed by atoms with Gasteiger partial charge in [0.1, 0.15) is 5.75 Å². The molecule has 2 rings (SSSR count). The highest BCUT2D eigenvalue weighted by Crippen LogP contribution is 2.30. The third-order valence-electron chi connectivity index (χ3n) is 3.72. The zero-order chi connectivity index (χ0) is 20.0. The number of carbonyl (C=O) groups is 1. The van der Waals surface area contributed by atoms with Crippen LogP contribution in [-0.4, -0.2) is 25.7 Å². The molecule has 5 nitrogen and oxygen atoms in total. The number of carbonyl (C=O) groups excluding carboxylic acids is 1. The summed E-state index contributed by atoms with van der Waals surface area (Å²) in [6, 6.07) is 11.2. The molecule has 2 aromatic rings. The second-order valence-corrected chi connectivity index (χ2v) is 6.18. The number of amides is 1. The quantitative estimate of drug-likeness (QED) is 0.730. The van der Waals surface area contributed by atoms with Gasteiger partial charge >= 0.3 is 6.61 Å². The van der Waals surface area contributed by atoms with Crippen molar-refractivity contribution < 1.29 is 27.8 Å². The lowest BCUT2D eigenvalue weighted by Crippen LogP contribution is -2.26. The van der Waals surface area contributed by atoms with Gasteiger partial charge in [0, 0.05) is 5.56 Å². The number of methoxy groups -OCH3 is 1. The molecule has 1 unspecified atom stereocenters. The van der Waals surface area contributed by atoms with Gasteiger partial charge in [0.2, 0.25) is 0 Å². The van der Waals surface area contributed by atoms with E-state index in [2.05, 4.69) is 10.1 Å². The van der Waals surface area contributed by atoms with Gasteiger partial charge in [-0.3, -0.25) is 4.79 Å². The molecule has 0 aliphatic carbocycles. The van der Waals surface area contributed by atoms with E-state index < -0.39 is 12.5 Å². The molecule has 1 atom stereocenters. The van der Waals surface area contributed by atoms with Crippen molar-refractivity contribution in [1.29, 1.82) is 0 Å². The van der Waals surface area contributed by atoms with Crippen molar-refractivity contribution >= 4 is 5.91 Å². The molecule has 2 aromatic carbocycles. The van der Waals surface area contributed by atoms with Gasteiger partial charge in [-0.25, -0.2) is 0 Å². The largest absolute Gasteiger partial charge is 0.493 e. The monoisotopic (exact) mass is 379 g/mol. The molecule has 0 radical (unpaired) electrons. The summed E-state index contributed by atoms with van der Waals surface area (Å²) in [4.78, 5) is 12.5. The van der Waals surface area contributed by atoms with Gasteiger partial charge < -0.3 is 19.5 Å². The smallest absolute Gasteiger partial charge is 0.387 e. The van der Waals surface area contributed by atoms with E-state index in [0.717, 1.165) is 5.56 Å². The summed E-state index contributed by atoms with van der Waals surface area (Å²) in [7, 11) is 1.34. The highest BCUT2D eigenvalue weighted by atomic mass is 19.3. The van der Waals surface area contributed by atoms with Crippen LogP contribution in [0.1, 0.15) is 42.7 Å². The molecule has 0 spiro atoms. The Bertz CT molecular complexity index is 780. The van der Waals surface area contributed by atoms with E-state index in [1.54, 1.807) is 0 Å². The molecule has 0 saturated carbocycles. The lowest BCUT2D eigenvalue weighted by Gasteiger charge is -2.17. The Morgan fingerprint density at radius 2 is 1.74 bits per heavy atom. The highest BCUT2D eigenvalue weighted by molar-refractivity contribution is 5.95. The van der Waals surface area contributed by atoms with Crippen LogP contribution in [0, 0.1) is 0 Å². The van der Waals surface area contributed by atoms with Crippen LogP contribution in [0.4, 0.5) is 8.78 Å². The summed E-state index contributed by atoms with van der Waals surface area (Å²) in [5.74, 6) is 0.221. The third-order valence-corrected chi connectivity index (χ3v) is 3.72. The second kappa shape index (κ2) is 9.21. The first-order valence-electron chi connectivity index (χ1n) is 8.50. The Balaban J connectivity index is 2.14. The number of ether oxygens (including phenoxy) is 3. The molecule has 0 saturated heterocycles. The van der Waals surface area contributed by atoms with Crippen molar-refractivity contribution in [3.8, 4) is 17.2 Å². The van der Waals surface area contributed by atoms with E-state index in [9.17, 15) is 13.6 Å². The van der Waals surface area contributed by atoms with E-state index in [-0.39, 0.29) is 29.2 Å². The molecule has 1 amide bonds. The van der Waals surface area contributed by atoms with Crippen LogP contribution in [0.25, 0.3) is 0 Å². The van der Waals surface area contributed by atoms with Gasteiger partial charge in [0.25, 0.3) is 5.91 Å². The standard InChI is InChI=1S/C20H23F2NO4/c1-12(2)26-16-7-5-6-14(10-16)13(3)23-19(24)15-8-9-17(25-4)18(11-15)27-20(21)22/h5-13,20H,1-4H3,(H,23,24). The molecule has 1 N–H and O–H groups in total. The Labute approximate surface area is 157 Å². The second-order valence-electron chi connectivity index (χ2n) is 6.18. The van der Waals surface area contributed by atoms with Crippen LogP contribution in [0.2, 0.25) is 0 Å². The predicted molar refractivity (Wildman–Crippen MR) is 97.7 cm³/mol. The maximum atomic E-state index is 12.5. The van der Waals surface area contributed by atoms with Crippen LogP contribution >= 0.6 is 0 Å². The van der Waals surface area contributed by atoms with Gasteiger partial charge in [-0.1, -0.05) is 12.1 Å². The SMILES string of the molecule is COc1ccc(C(=O)NC(C)c2cccc(OC(C)C)c2)cc1OC(F)F. The number of alkyl halides is 2. The number of halogens is 2. The normalized spacial score (nSPS) is 12.0. The Kier molecular flexibility index (Phi) is 6.98. The van der Waals surface area contributed by atoms with Crippen molar-refractivity contribution in [2.75, 3.05) is 7.11 Å². The summed E-state index contributed by atoms with van der Waals surface area (Å²) >= 11 is 0. The number of nitrogens with one attached hydrogen (secondary N) is 1. The zero-order valence-electron chi connectivity index (χ0n) is 15.7. The van der Waals surface area contributed by atoms with Crippen molar-refractivity contribution in [3.63, 3.8) is 0 Å². The third kappa shape index (κ3) is 5.84. The summed E-state index contributed by atoms with van der Waals surface area (Å²) in [6.07, 6.45) is 0.0395. The van der Waals surface area contributed by atoms with Crippen molar-refractivity contribution in [2.24, 2.45) is 0 Å². The molecule has 0 bridgehead atoms. The minimum absolute atomic E-state index is 0.0395. The molecule has 0 aliphatic heterocycles. The van der Waals surface area contributed by atoms with Gasteiger partial charge in [0.05, 0.1) is 19.3 Å². The molecule has 0 aromatic heterocycles. The van der Waals surface area contributed by atoms with Gasteiger partial charge in [-0.2, -0.15) is 8.78 Å². The van der Waals surface area contributed by atoms with Crippen LogP contribution < -0.4 is 19.5 Å². The van der Waals surface area contributed by atoms with Crippen LogP contribution in [-0.2, 0) is 0 Å². The highest BCUT2D eigenvalue weighted by Gasteiger charge is 2.17. The van der Waals surface area contributed by atoms with Gasteiger partial charge in [-0.05, 0) is 56.7 Å². The van der Waals surface area contributed by atoms with Crippen molar-refractivity contribution in [1.82, 2.24) is 5.32 Å². The number of hydrogen-bond acceptors (Lipinski definition) is 4. The van der Waals surface area contributed by atoms with Gasteiger partial charge in [-0.15, -0.1) is 0 Å². The molecule has 27 heavy (non-hydrogen) atoms. The Morgan fingerprint density at radius 3 is 2.37 bits per heavy atom. The first kappa shape index (κ1) is 20.5. The fraction of sp³-hybridized carbons (Fsp3) is 0.350. The van der Waals surface area contributed by atoms with Crippen LogP contribution in [0.3, 0.4) is 0 Å². The first-order valence-corrected chi connectivity index (χ1v) is 8.50. The number of hydrogen-bond donors (Lipinski definition) is 1. The summed E-state index contributed by atoms with van der Waals surface area (Å²) < 4.78 is 40.1. The van der Waals surface area contributed by atoms with Crippen LogP contribution in [0.15, 0.2) is 42.5 Å². The molecule has 0 fully saturated rings. The van der Waals surface area contributed by atoms with E-state index in [1.807, 2.05) is 45.0 Å². The fourth-order valence-electron chi connectivity index (χ4n) is 2.50. The summed E-state index contributed by atoms with van der Waals surface area (Å²) in [5.41, 5.74) is 1.05. The number of benzene rings is 2. The lowest BCUT2D eigenvalue weighted by atomic mass is 10.1. The fourth-order valence-corrected chi connectivity index (χ4v) is 2.50. The first-order chi connectivity index (χ1) is 12.8. The van der Waals surface area contributed by atoms with E-state index in [4.69, 9.17) is 9.47 Å². The average molecular weight is 379 g/mol. The molecule has 146 valence electrons. The Morgan fingerprint density at radius 1 is 1.00 bits per heavy atom. The van der Waals surface area contributed by atoms with Crippen LogP contribution in [0.5, 0.6) is 17.2 Å². The molecule has 0 heterocycles. The molecular weight excluding hydrogens is 356 g/mol. The summed E-state index contributed by atoms with van der Waals surface area (Å²) in [6.45, 7) is 2.67. The van der Waals surface area contributed by atoms with Crippen molar-refractivity contribution in [2.45, 2.75) is 39.5 Å². The lowest BCUT2D eigenvalue weighted by molar-refractivity contribution is -0.0512. The topological polar surface area (TPSA) is 56.8 Å². The number of rotatable bonds is 8. The zero-order valence-corrected chi connectivity index (χ0v) is 15.7.